The summed E-state index contributed by atoms with van der Waals surface area (Å²) < 4.78 is 1.55. The van der Waals surface area contributed by atoms with E-state index < -0.39 is 11.8 Å². The van der Waals surface area contributed by atoms with E-state index in [0.717, 1.165) is 4.47 Å². The lowest BCUT2D eigenvalue weighted by molar-refractivity contribution is -0.117. The van der Waals surface area contributed by atoms with Crippen LogP contribution >= 0.6 is 31.9 Å². The number of nitrogens with one attached hydrogen (secondary N) is 1. The maximum atomic E-state index is 12.5. The summed E-state index contributed by atoms with van der Waals surface area (Å²) in [5, 5.41) is 10.7. The van der Waals surface area contributed by atoms with Gasteiger partial charge < -0.3 is 5.11 Å². The number of carbonyl (C=O) groups excluding carboxylic acids is 2. The minimum Gasteiger partial charge on any atom is -0.508 e. The number of phenols is 1. The fourth-order valence-corrected chi connectivity index (χ4v) is 2.75. The van der Waals surface area contributed by atoms with Crippen molar-refractivity contribution in [2.24, 2.45) is 0 Å². The lowest BCUT2D eigenvalue weighted by Gasteiger charge is -2.14. The highest BCUT2D eigenvalue weighted by Gasteiger charge is 2.34. The first-order valence-corrected chi connectivity index (χ1v) is 8.15. The number of hydrogen-bond acceptors (Lipinski definition) is 3. The average Bonchev–Trinajstić information content (AvgIpc) is 2.80. The molecule has 116 valence electrons. The van der Waals surface area contributed by atoms with Crippen molar-refractivity contribution in [2.45, 2.75) is 0 Å². The summed E-state index contributed by atoms with van der Waals surface area (Å²) >= 11 is 6.65. The first-order chi connectivity index (χ1) is 11.0. The van der Waals surface area contributed by atoms with Crippen LogP contribution in [0.5, 0.6) is 5.75 Å². The molecular formula is C16H10Br2N2O3. The maximum absolute atomic E-state index is 12.5. The average molecular weight is 438 g/mol. The molecule has 0 aliphatic carbocycles. The van der Waals surface area contributed by atoms with Crippen molar-refractivity contribution in [3.63, 3.8) is 0 Å². The second kappa shape index (κ2) is 6.17. The van der Waals surface area contributed by atoms with Gasteiger partial charge in [0.2, 0.25) is 0 Å². The van der Waals surface area contributed by atoms with Gasteiger partial charge in [-0.2, -0.15) is 0 Å². The van der Waals surface area contributed by atoms with Crippen molar-refractivity contribution in [3.8, 4) is 5.75 Å². The molecule has 0 radical (unpaired) electrons. The first kappa shape index (κ1) is 15.8. The Labute approximate surface area is 148 Å². The summed E-state index contributed by atoms with van der Waals surface area (Å²) in [6.07, 6.45) is 1.44. The molecule has 3 rings (SSSR count). The SMILES string of the molecule is O=C1NN(c2ccc(Br)cc2)C(=O)C1=Cc1cc(O)ccc1Br. The van der Waals surface area contributed by atoms with Crippen LogP contribution in [0.2, 0.25) is 0 Å². The molecule has 1 aliphatic rings. The van der Waals surface area contributed by atoms with E-state index in [1.165, 1.54) is 23.2 Å². The van der Waals surface area contributed by atoms with Crippen molar-refractivity contribution in [1.29, 1.82) is 0 Å². The Kier molecular flexibility index (Phi) is 4.23. The Morgan fingerprint density at radius 2 is 1.74 bits per heavy atom. The van der Waals surface area contributed by atoms with Crippen LogP contribution in [0.3, 0.4) is 0 Å². The second-order valence-corrected chi connectivity index (χ2v) is 6.59. The van der Waals surface area contributed by atoms with Gasteiger partial charge in [0.1, 0.15) is 11.3 Å². The van der Waals surface area contributed by atoms with Gasteiger partial charge in [0.25, 0.3) is 11.8 Å². The summed E-state index contributed by atoms with van der Waals surface area (Å²) in [4.78, 5) is 24.6. The van der Waals surface area contributed by atoms with E-state index in [2.05, 4.69) is 37.3 Å². The summed E-state index contributed by atoms with van der Waals surface area (Å²) in [5.41, 5.74) is 3.63. The van der Waals surface area contributed by atoms with Gasteiger partial charge in [-0.05, 0) is 54.1 Å². The molecule has 0 unspecified atom stereocenters. The summed E-state index contributed by atoms with van der Waals surface area (Å²) in [5.74, 6) is -0.892. The third kappa shape index (κ3) is 3.16. The zero-order chi connectivity index (χ0) is 16.6. The zero-order valence-corrected chi connectivity index (χ0v) is 14.8. The second-order valence-electron chi connectivity index (χ2n) is 4.82. The number of aromatic hydroxyl groups is 1. The number of rotatable bonds is 2. The summed E-state index contributed by atoms with van der Waals surface area (Å²) in [6.45, 7) is 0. The molecule has 1 saturated heterocycles. The van der Waals surface area contributed by atoms with Gasteiger partial charge in [0.15, 0.2) is 0 Å². The van der Waals surface area contributed by atoms with Gasteiger partial charge in [0, 0.05) is 8.95 Å². The normalized spacial score (nSPS) is 16.1. The molecule has 1 heterocycles. The number of hydrazine groups is 1. The Morgan fingerprint density at radius 3 is 2.43 bits per heavy atom. The molecule has 2 amide bonds. The number of amides is 2. The fourth-order valence-electron chi connectivity index (χ4n) is 2.13. The topological polar surface area (TPSA) is 69.6 Å². The number of hydrogen-bond donors (Lipinski definition) is 2. The highest BCUT2D eigenvalue weighted by molar-refractivity contribution is 9.10. The molecular weight excluding hydrogens is 428 g/mol. The van der Waals surface area contributed by atoms with Gasteiger partial charge in [-0.1, -0.05) is 31.9 Å². The van der Waals surface area contributed by atoms with Crippen LogP contribution in [0.4, 0.5) is 5.69 Å². The highest BCUT2D eigenvalue weighted by atomic mass is 79.9. The third-order valence-electron chi connectivity index (χ3n) is 3.26. The van der Waals surface area contributed by atoms with Crippen LogP contribution in [-0.4, -0.2) is 16.9 Å². The molecule has 0 bridgehead atoms. The van der Waals surface area contributed by atoms with E-state index in [-0.39, 0.29) is 11.3 Å². The zero-order valence-electron chi connectivity index (χ0n) is 11.6. The molecule has 2 aromatic rings. The van der Waals surface area contributed by atoms with Crippen molar-refractivity contribution in [3.05, 3.63) is 62.5 Å². The van der Waals surface area contributed by atoms with Gasteiger partial charge in [0.05, 0.1) is 5.69 Å². The Hall–Kier alpha value is -2.12. The number of halogens is 2. The molecule has 1 fully saturated rings. The van der Waals surface area contributed by atoms with Crippen LogP contribution in [0.15, 0.2) is 57.0 Å². The van der Waals surface area contributed by atoms with Gasteiger partial charge in [-0.25, -0.2) is 5.01 Å². The van der Waals surface area contributed by atoms with Gasteiger partial charge >= 0.3 is 0 Å². The van der Waals surface area contributed by atoms with Crippen molar-refractivity contribution < 1.29 is 14.7 Å². The predicted octanol–water partition coefficient (Wildman–Crippen LogP) is 3.38. The summed E-state index contributed by atoms with van der Waals surface area (Å²) in [7, 11) is 0. The van der Waals surface area contributed by atoms with Gasteiger partial charge in [-0.3, -0.25) is 15.0 Å². The molecule has 23 heavy (non-hydrogen) atoms. The molecule has 0 atom stereocenters. The lowest BCUT2D eigenvalue weighted by Crippen LogP contribution is -2.35. The largest absolute Gasteiger partial charge is 0.508 e. The van der Waals surface area contributed by atoms with E-state index >= 15 is 0 Å². The smallest absolute Gasteiger partial charge is 0.282 e. The number of benzene rings is 2. The fraction of sp³-hybridized carbons (Fsp3) is 0. The molecule has 7 heteroatoms. The number of carbonyl (C=O) groups is 2. The van der Waals surface area contributed by atoms with E-state index in [9.17, 15) is 14.7 Å². The van der Waals surface area contributed by atoms with E-state index in [4.69, 9.17) is 0 Å². The van der Waals surface area contributed by atoms with Crippen molar-refractivity contribution >= 4 is 55.4 Å². The Balaban J connectivity index is 1.97. The van der Waals surface area contributed by atoms with E-state index in [0.29, 0.717) is 15.7 Å². The molecule has 2 N–H and O–H groups in total. The van der Waals surface area contributed by atoms with Crippen LogP contribution in [-0.2, 0) is 9.59 Å². The standard InChI is InChI=1S/C16H10Br2N2O3/c17-10-1-3-11(4-2-10)20-16(23)13(15(22)19-20)8-9-7-12(21)5-6-14(9)18/h1-8,21H,(H,19,22). The van der Waals surface area contributed by atoms with E-state index in [1.807, 2.05) is 0 Å². The third-order valence-corrected chi connectivity index (χ3v) is 4.51. The highest BCUT2D eigenvalue weighted by Crippen LogP contribution is 2.27. The van der Waals surface area contributed by atoms with E-state index in [1.54, 1.807) is 30.3 Å². The number of nitrogens with zero attached hydrogens (tertiary/aromatic N) is 1. The molecule has 2 aromatic carbocycles. The number of anilines is 1. The van der Waals surface area contributed by atoms with Crippen LogP contribution in [0.1, 0.15) is 5.56 Å². The van der Waals surface area contributed by atoms with Gasteiger partial charge in [-0.15, -0.1) is 0 Å². The number of phenolic OH excluding ortho intramolecular Hbond substituents is 1. The minimum absolute atomic E-state index is 0.000723. The van der Waals surface area contributed by atoms with Crippen LogP contribution in [0, 0.1) is 0 Å². The first-order valence-electron chi connectivity index (χ1n) is 6.57. The summed E-state index contributed by atoms with van der Waals surface area (Å²) in [6, 6.07) is 11.6. The molecule has 1 aliphatic heterocycles. The van der Waals surface area contributed by atoms with Crippen LogP contribution < -0.4 is 10.4 Å². The molecule has 0 spiro atoms. The van der Waals surface area contributed by atoms with Crippen LogP contribution in [0.25, 0.3) is 6.08 Å². The van der Waals surface area contributed by atoms with Crippen molar-refractivity contribution in [1.82, 2.24) is 5.43 Å². The quantitative estimate of drug-likeness (QED) is 0.559. The van der Waals surface area contributed by atoms with Crippen molar-refractivity contribution in [2.75, 3.05) is 5.01 Å². The minimum atomic E-state index is -0.492. The molecule has 0 saturated carbocycles. The molecule has 5 nitrogen and oxygen atoms in total. The Bertz CT molecular complexity index is 832. The maximum Gasteiger partial charge on any atom is 0.282 e. The monoisotopic (exact) mass is 436 g/mol. The molecule has 0 aromatic heterocycles. The lowest BCUT2D eigenvalue weighted by atomic mass is 10.1. The predicted molar refractivity (Wildman–Crippen MR) is 93.6 cm³/mol. The Morgan fingerprint density at radius 1 is 1.04 bits per heavy atom.